The Kier molecular flexibility index (Phi) is 7.38. The maximum absolute atomic E-state index is 13.4. The molecule has 0 bridgehead atoms. The van der Waals surface area contributed by atoms with E-state index in [2.05, 4.69) is 17.2 Å². The van der Waals surface area contributed by atoms with Crippen molar-refractivity contribution >= 4 is 22.6 Å². The SMILES string of the molecule is CCCCc1ccc(NC(=O)CCc2nc3ccccc3n(-c3ccc(OC)cc3)c2=O)cc1. The average Bonchev–Trinajstić information content (AvgIpc) is 2.87. The zero-order chi connectivity index (χ0) is 23.9. The number of methoxy groups -OCH3 is 1. The molecule has 0 radical (unpaired) electrons. The van der Waals surface area contributed by atoms with Gasteiger partial charge in [0.25, 0.3) is 5.56 Å². The number of hydrogen-bond donors (Lipinski definition) is 1. The number of carbonyl (C=O) groups excluding carboxylic acids is 1. The first-order valence-corrected chi connectivity index (χ1v) is 11.6. The molecule has 4 rings (SSSR count). The van der Waals surface area contributed by atoms with Crippen LogP contribution in [-0.2, 0) is 17.6 Å². The molecule has 0 aliphatic carbocycles. The minimum absolute atomic E-state index is 0.147. The summed E-state index contributed by atoms with van der Waals surface area (Å²) < 4.78 is 6.88. The maximum Gasteiger partial charge on any atom is 0.277 e. The Labute approximate surface area is 199 Å². The number of nitrogens with zero attached hydrogens (tertiary/aromatic N) is 2. The number of nitrogens with one attached hydrogen (secondary N) is 1. The van der Waals surface area contributed by atoms with Crippen LogP contribution in [0.3, 0.4) is 0 Å². The lowest BCUT2D eigenvalue weighted by atomic mass is 10.1. The van der Waals surface area contributed by atoms with Crippen molar-refractivity contribution in [3.63, 3.8) is 0 Å². The fourth-order valence-corrected chi connectivity index (χ4v) is 3.92. The molecule has 0 spiro atoms. The topological polar surface area (TPSA) is 73.2 Å². The van der Waals surface area contributed by atoms with E-state index >= 15 is 0 Å². The number of aromatic nitrogens is 2. The monoisotopic (exact) mass is 455 g/mol. The average molecular weight is 456 g/mol. The van der Waals surface area contributed by atoms with Gasteiger partial charge in [-0.3, -0.25) is 14.2 Å². The van der Waals surface area contributed by atoms with Crippen LogP contribution in [0.1, 0.15) is 37.4 Å². The van der Waals surface area contributed by atoms with E-state index in [4.69, 9.17) is 4.74 Å². The second-order valence-corrected chi connectivity index (χ2v) is 8.23. The first kappa shape index (κ1) is 23.2. The Morgan fingerprint density at radius 3 is 2.41 bits per heavy atom. The number of para-hydroxylation sites is 2. The molecule has 1 N–H and O–H groups in total. The normalized spacial score (nSPS) is 10.9. The summed E-state index contributed by atoms with van der Waals surface area (Å²) in [4.78, 5) is 30.5. The predicted octanol–water partition coefficient (Wildman–Crippen LogP) is 5.31. The molecule has 0 aliphatic rings. The van der Waals surface area contributed by atoms with Crippen molar-refractivity contribution in [1.29, 1.82) is 0 Å². The minimum atomic E-state index is -0.225. The van der Waals surface area contributed by atoms with Gasteiger partial charge < -0.3 is 10.1 Å². The molecule has 174 valence electrons. The Hall–Kier alpha value is -3.93. The first-order chi connectivity index (χ1) is 16.6. The standard InChI is InChI=1S/C28H29N3O3/c1-3-4-7-20-10-12-21(13-11-20)29-27(32)19-18-25-28(33)31(22-14-16-23(34-2)17-15-22)26-9-6-5-8-24(26)30-25/h5-6,8-17H,3-4,7,18-19H2,1-2H3,(H,29,32). The molecule has 1 heterocycles. The summed E-state index contributed by atoms with van der Waals surface area (Å²) in [5.41, 5.74) is 4.30. The molecule has 0 aliphatic heterocycles. The van der Waals surface area contributed by atoms with E-state index < -0.39 is 0 Å². The van der Waals surface area contributed by atoms with Crippen molar-refractivity contribution in [2.45, 2.75) is 39.0 Å². The Morgan fingerprint density at radius 1 is 0.971 bits per heavy atom. The van der Waals surface area contributed by atoms with E-state index in [-0.39, 0.29) is 24.3 Å². The third kappa shape index (κ3) is 5.34. The second kappa shape index (κ2) is 10.8. The van der Waals surface area contributed by atoms with E-state index in [9.17, 15) is 9.59 Å². The highest BCUT2D eigenvalue weighted by atomic mass is 16.5. The molecule has 34 heavy (non-hydrogen) atoms. The predicted molar refractivity (Wildman–Crippen MR) is 136 cm³/mol. The van der Waals surface area contributed by atoms with Gasteiger partial charge in [0.2, 0.25) is 5.91 Å². The van der Waals surface area contributed by atoms with Crippen LogP contribution >= 0.6 is 0 Å². The van der Waals surface area contributed by atoms with E-state index in [1.54, 1.807) is 11.7 Å². The summed E-state index contributed by atoms with van der Waals surface area (Å²) in [6.45, 7) is 2.17. The zero-order valence-electron chi connectivity index (χ0n) is 19.6. The number of fused-ring (bicyclic) bond motifs is 1. The number of carbonyl (C=O) groups is 1. The maximum atomic E-state index is 13.4. The Morgan fingerprint density at radius 2 is 1.71 bits per heavy atom. The van der Waals surface area contributed by atoms with Gasteiger partial charge in [0.15, 0.2) is 0 Å². The summed E-state index contributed by atoms with van der Waals surface area (Å²) in [5, 5.41) is 2.92. The molecule has 1 amide bonds. The van der Waals surface area contributed by atoms with Gasteiger partial charge in [-0.15, -0.1) is 0 Å². The number of ether oxygens (including phenoxy) is 1. The molecule has 0 fully saturated rings. The molecular weight excluding hydrogens is 426 g/mol. The molecule has 6 nitrogen and oxygen atoms in total. The van der Waals surface area contributed by atoms with Crippen molar-refractivity contribution in [2.75, 3.05) is 12.4 Å². The molecule has 1 aromatic heterocycles. The fourth-order valence-electron chi connectivity index (χ4n) is 3.92. The van der Waals surface area contributed by atoms with Gasteiger partial charge in [0, 0.05) is 24.2 Å². The summed E-state index contributed by atoms with van der Waals surface area (Å²) in [7, 11) is 1.60. The fraction of sp³-hybridized carbons (Fsp3) is 0.250. The van der Waals surface area contributed by atoms with E-state index in [1.807, 2.05) is 72.8 Å². The number of anilines is 1. The van der Waals surface area contributed by atoms with Crippen molar-refractivity contribution in [3.05, 3.63) is 94.4 Å². The lowest BCUT2D eigenvalue weighted by molar-refractivity contribution is -0.116. The van der Waals surface area contributed by atoms with Gasteiger partial charge in [0.1, 0.15) is 11.4 Å². The highest BCUT2D eigenvalue weighted by Gasteiger charge is 2.14. The molecule has 0 saturated heterocycles. The Bertz CT molecular complexity index is 1330. The number of unbranched alkanes of at least 4 members (excludes halogenated alkanes) is 1. The van der Waals surface area contributed by atoms with Crippen molar-refractivity contribution in [3.8, 4) is 11.4 Å². The van der Waals surface area contributed by atoms with Crippen LogP contribution in [0.25, 0.3) is 16.7 Å². The quantitative estimate of drug-likeness (QED) is 0.371. The van der Waals surface area contributed by atoms with Crippen molar-refractivity contribution in [1.82, 2.24) is 9.55 Å². The van der Waals surface area contributed by atoms with Crippen LogP contribution in [-0.4, -0.2) is 22.6 Å². The van der Waals surface area contributed by atoms with Gasteiger partial charge in [-0.1, -0.05) is 37.6 Å². The molecule has 0 saturated carbocycles. The Balaban J connectivity index is 1.53. The number of amides is 1. The van der Waals surface area contributed by atoms with Gasteiger partial charge in [0.05, 0.1) is 18.1 Å². The van der Waals surface area contributed by atoms with Crippen LogP contribution in [0.5, 0.6) is 5.75 Å². The van der Waals surface area contributed by atoms with Gasteiger partial charge in [-0.25, -0.2) is 4.98 Å². The number of hydrogen-bond acceptors (Lipinski definition) is 4. The lowest BCUT2D eigenvalue weighted by Gasteiger charge is -2.13. The summed E-state index contributed by atoms with van der Waals surface area (Å²) >= 11 is 0. The van der Waals surface area contributed by atoms with Crippen LogP contribution in [0.4, 0.5) is 5.69 Å². The first-order valence-electron chi connectivity index (χ1n) is 11.6. The minimum Gasteiger partial charge on any atom is -0.497 e. The summed E-state index contributed by atoms with van der Waals surface area (Å²) in [6.07, 6.45) is 3.76. The van der Waals surface area contributed by atoms with Gasteiger partial charge in [-0.05, 0) is 66.9 Å². The third-order valence-corrected chi connectivity index (χ3v) is 5.80. The number of aryl methyl sites for hydroxylation is 2. The summed E-state index contributed by atoms with van der Waals surface area (Å²) in [5.74, 6) is 0.567. The van der Waals surface area contributed by atoms with E-state index in [1.165, 1.54) is 5.56 Å². The van der Waals surface area contributed by atoms with Gasteiger partial charge >= 0.3 is 0 Å². The van der Waals surface area contributed by atoms with Crippen LogP contribution < -0.4 is 15.6 Å². The van der Waals surface area contributed by atoms with Crippen molar-refractivity contribution in [2.24, 2.45) is 0 Å². The molecule has 4 aromatic rings. The molecule has 0 atom stereocenters. The number of rotatable bonds is 9. The van der Waals surface area contributed by atoms with Crippen molar-refractivity contribution < 1.29 is 9.53 Å². The molecule has 6 heteroatoms. The van der Waals surface area contributed by atoms with Crippen LogP contribution in [0.2, 0.25) is 0 Å². The molecule has 3 aromatic carbocycles. The second-order valence-electron chi connectivity index (χ2n) is 8.23. The smallest absolute Gasteiger partial charge is 0.277 e. The molecular formula is C28H29N3O3. The van der Waals surface area contributed by atoms with E-state index in [0.717, 1.165) is 30.6 Å². The third-order valence-electron chi connectivity index (χ3n) is 5.80. The van der Waals surface area contributed by atoms with Crippen LogP contribution in [0.15, 0.2) is 77.6 Å². The van der Waals surface area contributed by atoms with Crippen LogP contribution in [0, 0.1) is 0 Å². The number of benzene rings is 3. The molecule has 0 unspecified atom stereocenters. The summed E-state index contributed by atoms with van der Waals surface area (Å²) in [6, 6.07) is 22.8. The largest absolute Gasteiger partial charge is 0.497 e. The highest BCUT2D eigenvalue weighted by Crippen LogP contribution is 2.19. The van der Waals surface area contributed by atoms with E-state index in [0.29, 0.717) is 22.5 Å². The van der Waals surface area contributed by atoms with Gasteiger partial charge in [-0.2, -0.15) is 0 Å². The highest BCUT2D eigenvalue weighted by molar-refractivity contribution is 5.90. The lowest BCUT2D eigenvalue weighted by Crippen LogP contribution is -2.25. The zero-order valence-corrected chi connectivity index (χ0v) is 19.6.